The Balaban J connectivity index is 1.60. The van der Waals surface area contributed by atoms with Crippen LogP contribution in [0.5, 0.6) is 0 Å². The molecule has 8 heteroatoms. The Labute approximate surface area is 169 Å². The zero-order chi connectivity index (χ0) is 20.1. The van der Waals surface area contributed by atoms with Crippen LogP contribution in [0.1, 0.15) is 24.2 Å². The first-order valence-corrected chi connectivity index (χ1v) is 9.70. The van der Waals surface area contributed by atoms with Crippen molar-refractivity contribution in [3.05, 3.63) is 53.3 Å². The molecule has 1 atom stereocenters. The van der Waals surface area contributed by atoms with E-state index in [-0.39, 0.29) is 17.7 Å². The number of urea groups is 1. The standard InChI is InChI=1S/C20H24ClN5O2/c1-14(2)17(18(27)15-4-6-16(21)7-5-15)24-20(28)26-12-10-25(11-13-26)19-22-8-3-9-23-19/h3-9,14,17H,10-13H2,1-2H3,(H,24,28). The Morgan fingerprint density at radius 3 is 2.21 bits per heavy atom. The van der Waals surface area contributed by atoms with E-state index < -0.39 is 6.04 Å². The average Bonchev–Trinajstić information content (AvgIpc) is 2.72. The van der Waals surface area contributed by atoms with E-state index in [0.29, 0.717) is 42.7 Å². The average molecular weight is 402 g/mol. The van der Waals surface area contributed by atoms with Gasteiger partial charge in [-0.05, 0) is 36.2 Å². The number of benzene rings is 1. The van der Waals surface area contributed by atoms with Gasteiger partial charge in [-0.2, -0.15) is 0 Å². The van der Waals surface area contributed by atoms with Gasteiger partial charge >= 0.3 is 6.03 Å². The molecular formula is C20H24ClN5O2. The van der Waals surface area contributed by atoms with Crippen molar-refractivity contribution in [1.82, 2.24) is 20.2 Å². The smallest absolute Gasteiger partial charge is 0.318 e. The van der Waals surface area contributed by atoms with Gasteiger partial charge in [0.15, 0.2) is 5.78 Å². The zero-order valence-electron chi connectivity index (χ0n) is 16.0. The lowest BCUT2D eigenvalue weighted by Gasteiger charge is -2.35. The first-order valence-electron chi connectivity index (χ1n) is 9.33. The minimum absolute atomic E-state index is 0.0360. The number of nitrogens with one attached hydrogen (secondary N) is 1. The fraction of sp³-hybridized carbons (Fsp3) is 0.400. The molecule has 1 unspecified atom stereocenters. The fourth-order valence-electron chi connectivity index (χ4n) is 3.12. The molecule has 1 aliphatic rings. The molecule has 2 aromatic rings. The quantitative estimate of drug-likeness (QED) is 0.779. The van der Waals surface area contributed by atoms with Crippen LogP contribution in [0.4, 0.5) is 10.7 Å². The van der Waals surface area contributed by atoms with E-state index in [1.807, 2.05) is 18.7 Å². The number of carbonyl (C=O) groups is 2. The van der Waals surface area contributed by atoms with Crippen molar-refractivity contribution in [3.8, 4) is 0 Å². The topological polar surface area (TPSA) is 78.4 Å². The molecule has 148 valence electrons. The monoisotopic (exact) mass is 401 g/mol. The van der Waals surface area contributed by atoms with Crippen molar-refractivity contribution in [2.45, 2.75) is 19.9 Å². The minimum atomic E-state index is -0.593. The molecule has 1 saturated heterocycles. The summed E-state index contributed by atoms with van der Waals surface area (Å²) in [6.07, 6.45) is 3.41. The van der Waals surface area contributed by atoms with Gasteiger partial charge in [-0.15, -0.1) is 0 Å². The second-order valence-electron chi connectivity index (χ2n) is 7.07. The van der Waals surface area contributed by atoms with E-state index in [1.54, 1.807) is 47.6 Å². The highest BCUT2D eigenvalue weighted by Crippen LogP contribution is 2.15. The molecule has 1 aliphatic heterocycles. The molecule has 28 heavy (non-hydrogen) atoms. The van der Waals surface area contributed by atoms with Crippen molar-refractivity contribution < 1.29 is 9.59 Å². The van der Waals surface area contributed by atoms with Gasteiger partial charge in [0.2, 0.25) is 5.95 Å². The molecule has 1 aromatic heterocycles. The number of carbonyl (C=O) groups excluding carboxylic acids is 2. The second kappa shape index (κ2) is 9.01. The van der Waals surface area contributed by atoms with Gasteiger partial charge in [0.1, 0.15) is 0 Å². The number of rotatable bonds is 5. The molecule has 0 aliphatic carbocycles. The molecule has 0 bridgehead atoms. The third-order valence-electron chi connectivity index (χ3n) is 4.76. The maximum atomic E-state index is 12.9. The van der Waals surface area contributed by atoms with E-state index >= 15 is 0 Å². The van der Waals surface area contributed by atoms with Crippen LogP contribution in [0.25, 0.3) is 0 Å². The van der Waals surface area contributed by atoms with Gasteiger partial charge in [-0.25, -0.2) is 14.8 Å². The van der Waals surface area contributed by atoms with Crippen molar-refractivity contribution in [2.75, 3.05) is 31.1 Å². The van der Waals surface area contributed by atoms with Crippen LogP contribution in [0.15, 0.2) is 42.7 Å². The summed E-state index contributed by atoms with van der Waals surface area (Å²) in [6.45, 7) is 6.23. The number of hydrogen-bond donors (Lipinski definition) is 1. The maximum absolute atomic E-state index is 12.9. The lowest BCUT2D eigenvalue weighted by atomic mass is 9.95. The third kappa shape index (κ3) is 4.78. The number of amides is 2. The Morgan fingerprint density at radius 1 is 1.04 bits per heavy atom. The lowest BCUT2D eigenvalue weighted by molar-refractivity contribution is 0.0913. The van der Waals surface area contributed by atoms with E-state index in [1.165, 1.54) is 0 Å². The van der Waals surface area contributed by atoms with Crippen molar-refractivity contribution >= 4 is 29.4 Å². The summed E-state index contributed by atoms with van der Waals surface area (Å²) in [7, 11) is 0. The third-order valence-corrected chi connectivity index (χ3v) is 5.01. The number of anilines is 1. The summed E-state index contributed by atoms with van der Waals surface area (Å²) in [5.74, 6) is 0.517. The van der Waals surface area contributed by atoms with Crippen LogP contribution in [0.3, 0.4) is 0 Å². The highest BCUT2D eigenvalue weighted by Gasteiger charge is 2.29. The molecule has 1 N–H and O–H groups in total. The Hall–Kier alpha value is -2.67. The Kier molecular flexibility index (Phi) is 6.46. The summed E-state index contributed by atoms with van der Waals surface area (Å²) in [5.41, 5.74) is 0.537. The number of hydrogen-bond acceptors (Lipinski definition) is 5. The molecule has 7 nitrogen and oxygen atoms in total. The molecule has 1 fully saturated rings. The second-order valence-corrected chi connectivity index (χ2v) is 7.50. The summed E-state index contributed by atoms with van der Waals surface area (Å²) >= 11 is 5.90. The van der Waals surface area contributed by atoms with Crippen molar-refractivity contribution in [2.24, 2.45) is 5.92 Å². The van der Waals surface area contributed by atoms with E-state index in [2.05, 4.69) is 15.3 Å². The van der Waals surface area contributed by atoms with Gasteiger partial charge in [0.05, 0.1) is 6.04 Å². The largest absolute Gasteiger partial charge is 0.337 e. The van der Waals surface area contributed by atoms with Crippen molar-refractivity contribution in [1.29, 1.82) is 0 Å². The summed E-state index contributed by atoms with van der Waals surface area (Å²) < 4.78 is 0. The SMILES string of the molecule is CC(C)C(NC(=O)N1CCN(c2ncccn2)CC1)C(=O)c1ccc(Cl)cc1. The van der Waals surface area contributed by atoms with Crippen LogP contribution in [0, 0.1) is 5.92 Å². The maximum Gasteiger partial charge on any atom is 0.318 e. The molecule has 0 radical (unpaired) electrons. The highest BCUT2D eigenvalue weighted by molar-refractivity contribution is 6.30. The van der Waals surface area contributed by atoms with Crippen LogP contribution in [0.2, 0.25) is 5.02 Å². The molecule has 2 amide bonds. The molecule has 0 spiro atoms. The van der Waals surface area contributed by atoms with Crippen LogP contribution >= 0.6 is 11.6 Å². The number of aromatic nitrogens is 2. The Bertz CT molecular complexity index is 805. The molecular weight excluding hydrogens is 378 g/mol. The predicted molar refractivity (Wildman–Crippen MR) is 109 cm³/mol. The fourth-order valence-corrected chi connectivity index (χ4v) is 3.24. The van der Waals surface area contributed by atoms with Gasteiger partial charge in [-0.3, -0.25) is 4.79 Å². The van der Waals surface area contributed by atoms with Crippen LogP contribution in [-0.2, 0) is 0 Å². The summed E-state index contributed by atoms with van der Waals surface area (Å²) in [6, 6.07) is 7.68. The summed E-state index contributed by atoms with van der Waals surface area (Å²) in [5, 5.41) is 3.48. The summed E-state index contributed by atoms with van der Waals surface area (Å²) in [4.78, 5) is 37.9. The molecule has 2 heterocycles. The lowest BCUT2D eigenvalue weighted by Crippen LogP contribution is -2.55. The number of piperazine rings is 1. The van der Waals surface area contributed by atoms with Crippen LogP contribution in [-0.4, -0.2) is 58.9 Å². The number of halogens is 1. The molecule has 1 aromatic carbocycles. The van der Waals surface area contributed by atoms with Gasteiger partial charge < -0.3 is 15.1 Å². The normalized spacial score (nSPS) is 15.4. The van der Waals surface area contributed by atoms with Crippen LogP contribution < -0.4 is 10.2 Å². The number of ketones is 1. The highest BCUT2D eigenvalue weighted by atomic mass is 35.5. The zero-order valence-corrected chi connectivity index (χ0v) is 16.8. The van der Waals surface area contributed by atoms with Gasteiger partial charge in [0, 0.05) is 49.2 Å². The molecule has 0 saturated carbocycles. The van der Waals surface area contributed by atoms with E-state index in [0.717, 1.165) is 0 Å². The van der Waals surface area contributed by atoms with Crippen molar-refractivity contribution in [3.63, 3.8) is 0 Å². The first-order chi connectivity index (χ1) is 13.5. The van der Waals surface area contributed by atoms with Gasteiger partial charge in [0.25, 0.3) is 0 Å². The predicted octanol–water partition coefficient (Wildman–Crippen LogP) is 2.87. The number of Topliss-reactive ketones (excluding diaryl/α,β-unsaturated/α-hetero) is 1. The van der Waals surface area contributed by atoms with Gasteiger partial charge in [-0.1, -0.05) is 25.4 Å². The number of nitrogens with zero attached hydrogens (tertiary/aromatic N) is 4. The Morgan fingerprint density at radius 2 is 1.64 bits per heavy atom. The van der Waals surface area contributed by atoms with E-state index in [9.17, 15) is 9.59 Å². The first kappa shape index (κ1) is 20.1. The minimum Gasteiger partial charge on any atom is -0.337 e. The molecule has 3 rings (SSSR count). The van der Waals surface area contributed by atoms with E-state index in [4.69, 9.17) is 11.6 Å².